The summed E-state index contributed by atoms with van der Waals surface area (Å²) in [5, 5.41) is 9.61. The maximum absolute atomic E-state index is 14.0. The minimum atomic E-state index is -4.11. The summed E-state index contributed by atoms with van der Waals surface area (Å²) < 4.78 is 37.3. The van der Waals surface area contributed by atoms with Crippen molar-refractivity contribution in [1.82, 2.24) is 10.4 Å². The Kier molecular flexibility index (Phi) is 7.66. The molecule has 5 rings (SSSR count). The second kappa shape index (κ2) is 11.0. The van der Waals surface area contributed by atoms with E-state index >= 15 is 0 Å². The number of nitrogens with zero attached hydrogens (tertiary/aromatic N) is 1. The zero-order chi connectivity index (χ0) is 27.5. The largest absolute Gasteiger partial charge is 0.497 e. The molecule has 9 heteroatoms. The molecule has 8 nitrogen and oxygen atoms in total. The maximum Gasteiger partial charge on any atom is 0.265 e. The molecule has 1 aliphatic carbocycles. The second-order valence-electron chi connectivity index (χ2n) is 10.6. The first-order chi connectivity index (χ1) is 18.8. The molecular weight excluding hydrogens is 516 g/mol. The van der Waals surface area contributed by atoms with Gasteiger partial charge in [0, 0.05) is 6.54 Å². The van der Waals surface area contributed by atoms with E-state index in [9.17, 15) is 18.4 Å². The average molecular weight is 551 g/mol. The molecule has 1 atom stereocenters. The summed E-state index contributed by atoms with van der Waals surface area (Å²) in [7, 11) is -2.52. The molecule has 0 radical (unpaired) electrons. The Balaban J connectivity index is 1.31. The summed E-state index contributed by atoms with van der Waals surface area (Å²) in [5.74, 6) is 0.893. The Morgan fingerprint density at radius 3 is 2.05 bits per heavy atom. The molecule has 1 saturated heterocycles. The third-order valence-corrected chi connectivity index (χ3v) is 10.8. The van der Waals surface area contributed by atoms with E-state index in [1.165, 1.54) is 17.7 Å². The Morgan fingerprint density at radius 2 is 1.46 bits per heavy atom. The lowest BCUT2D eigenvalue weighted by molar-refractivity contribution is -0.132. The zero-order valence-electron chi connectivity index (χ0n) is 22.0. The number of hydroxylamine groups is 1. The zero-order valence-corrected chi connectivity index (χ0v) is 22.8. The van der Waals surface area contributed by atoms with Crippen LogP contribution in [0.3, 0.4) is 0 Å². The molecule has 0 bridgehead atoms. The summed E-state index contributed by atoms with van der Waals surface area (Å²) in [6, 6.07) is 23.4. The number of methoxy groups -OCH3 is 1. The molecule has 1 amide bonds. The number of piperidine rings is 1. The number of carbonyl (C=O) groups excluding carboxylic acids is 1. The van der Waals surface area contributed by atoms with Crippen LogP contribution in [0.4, 0.5) is 0 Å². The van der Waals surface area contributed by atoms with Gasteiger partial charge in [0.05, 0.1) is 12.0 Å². The average Bonchev–Trinajstić information content (AvgIpc) is 3.36. The number of hydrogen-bond donors (Lipinski definition) is 2. The number of benzene rings is 3. The lowest BCUT2D eigenvalue weighted by atomic mass is 9.76. The standard InChI is InChI=1S/C30H34N2O6S/c1-37-24-7-9-25(10-8-24)38-26-11-13-27(14-12-26)39(35,36)30(28(33)31-34)16-15-29(22-30)17-19-32(20-18-29)21-23-5-3-2-4-6-23/h2-14,34H,15-22H2,1H3,(H,31,33). The fraction of sp³-hybridized carbons (Fsp3) is 0.367. The number of hydrogen-bond acceptors (Lipinski definition) is 7. The van der Waals surface area contributed by atoms with E-state index in [0.717, 1.165) is 32.5 Å². The molecule has 1 unspecified atom stereocenters. The fourth-order valence-corrected chi connectivity index (χ4v) is 8.15. The molecule has 0 aromatic heterocycles. The second-order valence-corrected chi connectivity index (χ2v) is 12.9. The lowest BCUT2D eigenvalue weighted by Crippen LogP contribution is -2.51. The minimum Gasteiger partial charge on any atom is -0.497 e. The molecular formula is C30H34N2O6S. The highest BCUT2D eigenvalue weighted by molar-refractivity contribution is 7.93. The summed E-state index contributed by atoms with van der Waals surface area (Å²) >= 11 is 0. The van der Waals surface area contributed by atoms with Gasteiger partial charge in [0.15, 0.2) is 14.6 Å². The lowest BCUT2D eigenvalue weighted by Gasteiger charge is -2.40. The first-order valence-corrected chi connectivity index (χ1v) is 14.7. The van der Waals surface area contributed by atoms with Gasteiger partial charge < -0.3 is 9.47 Å². The number of ether oxygens (including phenoxy) is 2. The molecule has 3 aromatic carbocycles. The van der Waals surface area contributed by atoms with Gasteiger partial charge in [0.2, 0.25) is 0 Å². The van der Waals surface area contributed by atoms with Gasteiger partial charge in [0.1, 0.15) is 17.2 Å². The van der Waals surface area contributed by atoms with E-state index in [1.54, 1.807) is 49.0 Å². The highest BCUT2D eigenvalue weighted by Crippen LogP contribution is 2.55. The van der Waals surface area contributed by atoms with Gasteiger partial charge >= 0.3 is 0 Å². The molecule has 1 spiro atoms. The smallest absolute Gasteiger partial charge is 0.265 e. The molecule has 3 aromatic rings. The van der Waals surface area contributed by atoms with Crippen molar-refractivity contribution in [2.45, 2.75) is 48.3 Å². The molecule has 206 valence electrons. The van der Waals surface area contributed by atoms with Gasteiger partial charge in [-0.2, -0.15) is 0 Å². The fourth-order valence-electron chi connectivity index (χ4n) is 6.04. The maximum atomic E-state index is 14.0. The quantitative estimate of drug-likeness (QED) is 0.301. The van der Waals surface area contributed by atoms with Gasteiger partial charge in [-0.3, -0.25) is 14.9 Å². The van der Waals surface area contributed by atoms with E-state index in [2.05, 4.69) is 17.0 Å². The Bertz CT molecular complexity index is 1390. The van der Waals surface area contributed by atoms with Gasteiger partial charge in [0.25, 0.3) is 5.91 Å². The molecule has 2 aliphatic rings. The number of nitrogens with one attached hydrogen (secondary N) is 1. The van der Waals surface area contributed by atoms with E-state index in [0.29, 0.717) is 23.7 Å². The van der Waals surface area contributed by atoms with E-state index in [1.807, 2.05) is 18.2 Å². The predicted molar refractivity (Wildman–Crippen MR) is 147 cm³/mol. The molecule has 2 N–H and O–H groups in total. The van der Waals surface area contributed by atoms with Crippen LogP contribution in [0.25, 0.3) is 0 Å². The molecule has 1 heterocycles. The van der Waals surface area contributed by atoms with Crippen LogP contribution in [0.5, 0.6) is 17.2 Å². The monoisotopic (exact) mass is 550 g/mol. The van der Waals surface area contributed by atoms with Gasteiger partial charge in [-0.05, 0) is 105 Å². The van der Waals surface area contributed by atoms with Crippen molar-refractivity contribution in [1.29, 1.82) is 0 Å². The number of carbonyl (C=O) groups is 1. The van der Waals surface area contributed by atoms with Crippen molar-refractivity contribution < 1.29 is 27.9 Å². The summed E-state index contributed by atoms with van der Waals surface area (Å²) in [6.45, 7) is 2.52. The summed E-state index contributed by atoms with van der Waals surface area (Å²) in [6.07, 6.45) is 2.61. The minimum absolute atomic E-state index is 0.0340. The van der Waals surface area contributed by atoms with Crippen LogP contribution in [0.1, 0.15) is 37.7 Å². The third kappa shape index (κ3) is 5.39. The number of rotatable bonds is 8. The first-order valence-electron chi connectivity index (χ1n) is 13.2. The van der Waals surface area contributed by atoms with Crippen molar-refractivity contribution in [2.75, 3.05) is 20.2 Å². The van der Waals surface area contributed by atoms with E-state index < -0.39 is 20.5 Å². The van der Waals surface area contributed by atoms with E-state index in [4.69, 9.17) is 9.47 Å². The summed E-state index contributed by atoms with van der Waals surface area (Å²) in [4.78, 5) is 15.5. The Morgan fingerprint density at radius 1 is 0.872 bits per heavy atom. The van der Waals surface area contributed by atoms with Gasteiger partial charge in [-0.15, -0.1) is 0 Å². The van der Waals surface area contributed by atoms with Crippen LogP contribution in [-0.4, -0.2) is 49.4 Å². The van der Waals surface area contributed by atoms with Crippen molar-refractivity contribution in [3.8, 4) is 17.2 Å². The summed E-state index contributed by atoms with van der Waals surface area (Å²) in [5.41, 5.74) is 2.66. The highest BCUT2D eigenvalue weighted by Gasteiger charge is 2.60. The predicted octanol–water partition coefficient (Wildman–Crippen LogP) is 4.97. The molecule has 2 fully saturated rings. The van der Waals surface area contributed by atoms with Crippen LogP contribution in [0, 0.1) is 5.41 Å². The number of likely N-dealkylation sites (tertiary alicyclic amines) is 1. The highest BCUT2D eigenvalue weighted by atomic mass is 32.2. The first kappa shape index (κ1) is 27.2. The van der Waals surface area contributed by atoms with Crippen LogP contribution in [-0.2, 0) is 21.2 Å². The van der Waals surface area contributed by atoms with Crippen molar-refractivity contribution in [2.24, 2.45) is 5.41 Å². The normalized spacial score (nSPS) is 21.0. The van der Waals surface area contributed by atoms with Crippen molar-refractivity contribution >= 4 is 15.7 Å². The number of sulfone groups is 1. The van der Waals surface area contributed by atoms with Crippen LogP contribution >= 0.6 is 0 Å². The molecule has 1 aliphatic heterocycles. The van der Waals surface area contributed by atoms with Crippen LogP contribution < -0.4 is 15.0 Å². The van der Waals surface area contributed by atoms with Crippen molar-refractivity contribution in [3.63, 3.8) is 0 Å². The van der Waals surface area contributed by atoms with Gasteiger partial charge in [-0.25, -0.2) is 13.9 Å². The SMILES string of the molecule is COc1ccc(Oc2ccc(S(=O)(=O)C3(C(=O)NO)CCC4(CCN(Cc5ccccc5)CC4)C3)cc2)cc1. The third-order valence-electron chi connectivity index (χ3n) is 8.34. The Hall–Kier alpha value is -3.40. The topological polar surface area (TPSA) is 105 Å². The molecule has 1 saturated carbocycles. The molecule has 39 heavy (non-hydrogen) atoms. The van der Waals surface area contributed by atoms with Crippen molar-refractivity contribution in [3.05, 3.63) is 84.4 Å². The van der Waals surface area contributed by atoms with E-state index in [-0.39, 0.29) is 23.2 Å². The van der Waals surface area contributed by atoms with Crippen LogP contribution in [0.15, 0.2) is 83.8 Å². The van der Waals surface area contributed by atoms with Crippen LogP contribution in [0.2, 0.25) is 0 Å². The Labute approximate surface area is 229 Å². The number of amides is 1. The van der Waals surface area contributed by atoms with Gasteiger partial charge in [-0.1, -0.05) is 30.3 Å².